The maximum absolute atomic E-state index is 11.8. The molecule has 1 aromatic rings. The Balaban J connectivity index is 2.26. The van der Waals surface area contributed by atoms with Crippen LogP contribution in [-0.2, 0) is 9.84 Å². The van der Waals surface area contributed by atoms with E-state index >= 15 is 0 Å². The van der Waals surface area contributed by atoms with Crippen LogP contribution in [0.15, 0.2) is 4.90 Å². The van der Waals surface area contributed by atoms with Crippen LogP contribution >= 0.6 is 11.3 Å². The summed E-state index contributed by atoms with van der Waals surface area (Å²) in [7, 11) is -3.44. The zero-order chi connectivity index (χ0) is 15.0. The van der Waals surface area contributed by atoms with Crippen molar-refractivity contribution in [2.24, 2.45) is 5.41 Å². The largest absolute Gasteiger partial charge is 0.396 e. The number of nitrogen functional groups attached to an aromatic ring is 1. The minimum atomic E-state index is -3.44. The third-order valence-corrected chi connectivity index (χ3v) is 6.10. The van der Waals surface area contributed by atoms with Crippen molar-refractivity contribution in [1.29, 1.82) is 5.26 Å². The van der Waals surface area contributed by atoms with E-state index in [1.165, 1.54) is 12.8 Å². The normalized spacial score (nSPS) is 16.6. The van der Waals surface area contributed by atoms with Crippen molar-refractivity contribution in [2.45, 2.75) is 37.5 Å². The average Bonchev–Trinajstić information content (AvgIpc) is 3.03. The van der Waals surface area contributed by atoms with Gasteiger partial charge in [-0.15, -0.1) is 11.3 Å². The highest BCUT2D eigenvalue weighted by Gasteiger charge is 2.41. The summed E-state index contributed by atoms with van der Waals surface area (Å²) in [5.74, 6) is 0. The van der Waals surface area contributed by atoms with Gasteiger partial charge in [-0.25, -0.2) is 8.42 Å². The lowest BCUT2D eigenvalue weighted by Crippen LogP contribution is -2.16. The van der Waals surface area contributed by atoms with E-state index in [2.05, 4.69) is 12.2 Å². The number of hydrogen-bond acceptors (Lipinski definition) is 6. The van der Waals surface area contributed by atoms with Crippen LogP contribution in [0.5, 0.6) is 0 Å². The number of thiophene rings is 1. The molecule has 110 valence electrons. The molecule has 1 aliphatic carbocycles. The van der Waals surface area contributed by atoms with Gasteiger partial charge in [-0.1, -0.05) is 13.3 Å². The highest BCUT2D eigenvalue weighted by Crippen LogP contribution is 2.50. The number of anilines is 2. The Morgan fingerprint density at radius 3 is 2.60 bits per heavy atom. The predicted octanol–water partition coefficient (Wildman–Crippen LogP) is 2.60. The van der Waals surface area contributed by atoms with Gasteiger partial charge in [-0.05, 0) is 24.7 Å². The van der Waals surface area contributed by atoms with Crippen molar-refractivity contribution in [3.63, 3.8) is 0 Å². The van der Waals surface area contributed by atoms with Gasteiger partial charge < -0.3 is 11.1 Å². The molecule has 0 amide bonds. The molecule has 1 aromatic heterocycles. The first kappa shape index (κ1) is 15.1. The molecule has 1 fully saturated rings. The first-order chi connectivity index (χ1) is 9.33. The zero-order valence-electron chi connectivity index (χ0n) is 11.7. The molecule has 0 saturated heterocycles. The second kappa shape index (κ2) is 5.26. The van der Waals surface area contributed by atoms with Crippen molar-refractivity contribution >= 4 is 31.9 Å². The second-order valence-corrected chi connectivity index (χ2v) is 8.46. The average molecular weight is 313 g/mol. The molecule has 3 N–H and O–H groups in total. The number of hydrogen-bond donors (Lipinski definition) is 2. The molecule has 5 nitrogen and oxygen atoms in total. The molecule has 0 spiro atoms. The van der Waals surface area contributed by atoms with Crippen LogP contribution in [0, 0.1) is 16.7 Å². The van der Waals surface area contributed by atoms with E-state index in [-0.39, 0.29) is 15.5 Å². The summed E-state index contributed by atoms with van der Waals surface area (Å²) in [5.41, 5.74) is 6.16. The SMILES string of the molecule is CCCC1(CNc2sc(C#N)c(N)c2S(C)(=O)=O)CC1. The molecule has 1 aliphatic rings. The Hall–Kier alpha value is -1.26. The number of rotatable bonds is 6. The van der Waals surface area contributed by atoms with E-state index in [0.29, 0.717) is 10.4 Å². The van der Waals surface area contributed by atoms with Gasteiger partial charge in [0.2, 0.25) is 0 Å². The summed E-state index contributed by atoms with van der Waals surface area (Å²) in [6.45, 7) is 2.90. The summed E-state index contributed by atoms with van der Waals surface area (Å²) in [4.78, 5) is 0.333. The minimum Gasteiger partial charge on any atom is -0.396 e. The van der Waals surface area contributed by atoms with Crippen molar-refractivity contribution in [3.8, 4) is 6.07 Å². The van der Waals surface area contributed by atoms with Crippen molar-refractivity contribution in [3.05, 3.63) is 4.88 Å². The Kier molecular flexibility index (Phi) is 3.98. The molecule has 0 atom stereocenters. The molecular weight excluding hydrogens is 294 g/mol. The molecule has 7 heteroatoms. The van der Waals surface area contributed by atoms with Crippen molar-refractivity contribution in [1.82, 2.24) is 0 Å². The zero-order valence-corrected chi connectivity index (χ0v) is 13.3. The van der Waals surface area contributed by atoms with Crippen LogP contribution in [0.25, 0.3) is 0 Å². The van der Waals surface area contributed by atoms with E-state index < -0.39 is 9.84 Å². The molecule has 0 bridgehead atoms. The number of nitrogens with zero attached hydrogens (tertiary/aromatic N) is 1. The van der Waals surface area contributed by atoms with Gasteiger partial charge in [0.05, 0.1) is 5.69 Å². The Labute approximate surface area is 123 Å². The summed E-state index contributed by atoms with van der Waals surface area (Å²) >= 11 is 1.12. The summed E-state index contributed by atoms with van der Waals surface area (Å²) in [6, 6.07) is 1.96. The van der Waals surface area contributed by atoms with Crippen LogP contribution in [0.1, 0.15) is 37.5 Å². The standard InChI is InChI=1S/C13H19N3O2S2/c1-3-4-13(5-6-13)8-16-12-11(20(2,17)18)10(15)9(7-14)19-12/h16H,3-6,8,15H2,1-2H3. The first-order valence-corrected chi connectivity index (χ1v) is 9.30. The molecular formula is C13H19N3O2S2. The molecule has 0 aromatic carbocycles. The predicted molar refractivity (Wildman–Crippen MR) is 81.6 cm³/mol. The summed E-state index contributed by atoms with van der Waals surface area (Å²) in [6.07, 6.45) is 5.73. The quantitative estimate of drug-likeness (QED) is 0.841. The number of sulfone groups is 1. The fourth-order valence-electron chi connectivity index (χ4n) is 2.49. The fraction of sp³-hybridized carbons (Fsp3) is 0.615. The van der Waals surface area contributed by atoms with Gasteiger partial charge in [-0.3, -0.25) is 0 Å². The molecule has 20 heavy (non-hydrogen) atoms. The fourth-order valence-corrected chi connectivity index (χ4v) is 4.85. The Bertz CT molecular complexity index is 652. The van der Waals surface area contributed by atoms with Crippen LogP contribution < -0.4 is 11.1 Å². The van der Waals surface area contributed by atoms with Crippen LogP contribution in [-0.4, -0.2) is 21.2 Å². The van der Waals surface area contributed by atoms with Crippen molar-refractivity contribution < 1.29 is 8.42 Å². The van der Waals surface area contributed by atoms with E-state index in [4.69, 9.17) is 11.0 Å². The molecule has 0 radical (unpaired) electrons. The van der Waals surface area contributed by atoms with Gasteiger partial charge in [0.1, 0.15) is 20.8 Å². The van der Waals surface area contributed by atoms with Gasteiger partial charge in [-0.2, -0.15) is 5.26 Å². The van der Waals surface area contributed by atoms with E-state index in [0.717, 1.165) is 37.0 Å². The van der Waals surface area contributed by atoms with Gasteiger partial charge in [0.15, 0.2) is 9.84 Å². The molecule has 0 unspecified atom stereocenters. The minimum absolute atomic E-state index is 0.0721. The highest BCUT2D eigenvalue weighted by molar-refractivity contribution is 7.91. The maximum atomic E-state index is 11.8. The Morgan fingerprint density at radius 2 is 2.15 bits per heavy atom. The van der Waals surface area contributed by atoms with Crippen molar-refractivity contribution in [2.75, 3.05) is 23.9 Å². The van der Waals surface area contributed by atoms with Gasteiger partial charge >= 0.3 is 0 Å². The lowest BCUT2D eigenvalue weighted by Gasteiger charge is -2.15. The molecule has 1 heterocycles. The third-order valence-electron chi connectivity index (χ3n) is 3.73. The molecule has 0 aliphatic heterocycles. The topological polar surface area (TPSA) is 96.0 Å². The van der Waals surface area contributed by atoms with E-state index in [9.17, 15) is 8.42 Å². The monoisotopic (exact) mass is 313 g/mol. The smallest absolute Gasteiger partial charge is 0.180 e. The van der Waals surface area contributed by atoms with E-state index in [1.807, 2.05) is 6.07 Å². The highest BCUT2D eigenvalue weighted by atomic mass is 32.2. The summed E-state index contributed by atoms with van der Waals surface area (Å²) < 4.78 is 23.7. The second-order valence-electron chi connectivity index (χ2n) is 5.49. The lowest BCUT2D eigenvalue weighted by atomic mass is 10.0. The Morgan fingerprint density at radius 1 is 1.50 bits per heavy atom. The third kappa shape index (κ3) is 2.91. The van der Waals surface area contributed by atoms with Gasteiger partial charge in [0.25, 0.3) is 0 Å². The molecule has 1 saturated carbocycles. The maximum Gasteiger partial charge on any atom is 0.180 e. The van der Waals surface area contributed by atoms with Crippen LogP contribution in [0.3, 0.4) is 0 Å². The van der Waals surface area contributed by atoms with Crippen LogP contribution in [0.4, 0.5) is 10.7 Å². The lowest BCUT2D eigenvalue weighted by molar-refractivity contribution is 0.486. The summed E-state index contributed by atoms with van der Waals surface area (Å²) in [5, 5.41) is 12.7. The van der Waals surface area contributed by atoms with E-state index in [1.54, 1.807) is 0 Å². The number of nitrogens with two attached hydrogens (primary N) is 1. The molecule has 2 rings (SSSR count). The number of nitriles is 1. The number of nitrogens with one attached hydrogen (secondary N) is 1. The van der Waals surface area contributed by atoms with Gasteiger partial charge in [0, 0.05) is 12.8 Å². The first-order valence-electron chi connectivity index (χ1n) is 6.59. The van der Waals surface area contributed by atoms with Crippen LogP contribution in [0.2, 0.25) is 0 Å².